The number of aromatic nitrogens is 3. The van der Waals surface area contributed by atoms with Gasteiger partial charge in [0.2, 0.25) is 0 Å². The van der Waals surface area contributed by atoms with Gasteiger partial charge in [-0.05, 0) is 43.2 Å². The molecule has 0 radical (unpaired) electrons. The molecule has 0 amide bonds. The van der Waals surface area contributed by atoms with Crippen LogP contribution in [0.4, 0.5) is 4.39 Å². The minimum atomic E-state index is -0.346. The maximum atomic E-state index is 14.1. The Kier molecular flexibility index (Phi) is 3.73. The quantitative estimate of drug-likeness (QED) is 0.807. The lowest BCUT2D eigenvalue weighted by Gasteiger charge is -2.10. The Morgan fingerprint density at radius 2 is 1.86 bits per heavy atom. The lowest BCUT2D eigenvalue weighted by molar-refractivity contribution is 0.608. The minimum Gasteiger partial charge on any atom is -0.325 e. The molecule has 0 saturated carbocycles. The lowest BCUT2D eigenvalue weighted by atomic mass is 10.0. The zero-order valence-electron chi connectivity index (χ0n) is 12.5. The molecule has 0 atom stereocenters. The van der Waals surface area contributed by atoms with Gasteiger partial charge in [-0.1, -0.05) is 29.5 Å². The van der Waals surface area contributed by atoms with Crippen LogP contribution in [0, 0.1) is 19.7 Å². The van der Waals surface area contributed by atoms with Crippen molar-refractivity contribution in [3.05, 3.63) is 65.1 Å². The van der Waals surface area contributed by atoms with Gasteiger partial charge in [0.15, 0.2) is 0 Å². The first-order valence-corrected chi connectivity index (χ1v) is 7.09. The smallest absolute Gasteiger partial charge is 0.148 e. The summed E-state index contributed by atoms with van der Waals surface area (Å²) in [4.78, 5) is 0. The molecule has 4 nitrogen and oxygen atoms in total. The van der Waals surface area contributed by atoms with Crippen LogP contribution in [0.1, 0.15) is 16.8 Å². The highest BCUT2D eigenvalue weighted by molar-refractivity contribution is 5.65. The topological polar surface area (TPSA) is 56.7 Å². The largest absolute Gasteiger partial charge is 0.325 e. The van der Waals surface area contributed by atoms with Crippen LogP contribution < -0.4 is 5.73 Å². The third-order valence-electron chi connectivity index (χ3n) is 3.79. The number of nitrogens with zero attached hydrogens (tertiary/aromatic N) is 3. The van der Waals surface area contributed by atoms with Crippen molar-refractivity contribution in [2.75, 3.05) is 0 Å². The molecule has 0 unspecified atom stereocenters. The number of rotatable bonds is 3. The van der Waals surface area contributed by atoms with E-state index in [1.165, 1.54) is 16.3 Å². The van der Waals surface area contributed by atoms with Gasteiger partial charge in [0.25, 0.3) is 0 Å². The van der Waals surface area contributed by atoms with Crippen molar-refractivity contribution >= 4 is 0 Å². The van der Waals surface area contributed by atoms with Gasteiger partial charge in [0, 0.05) is 12.1 Å². The van der Waals surface area contributed by atoms with E-state index in [0.29, 0.717) is 11.4 Å². The molecule has 112 valence electrons. The van der Waals surface area contributed by atoms with Crippen molar-refractivity contribution in [1.29, 1.82) is 0 Å². The maximum absolute atomic E-state index is 14.1. The molecule has 0 bridgehead atoms. The molecule has 1 heterocycles. The number of hydrogen-bond donors (Lipinski definition) is 1. The molecule has 0 aliphatic rings. The summed E-state index contributed by atoms with van der Waals surface area (Å²) in [7, 11) is 0. The van der Waals surface area contributed by atoms with E-state index in [1.807, 2.05) is 25.1 Å². The van der Waals surface area contributed by atoms with Gasteiger partial charge >= 0.3 is 0 Å². The van der Waals surface area contributed by atoms with Crippen LogP contribution >= 0.6 is 0 Å². The number of aryl methyl sites for hydroxylation is 2. The van der Waals surface area contributed by atoms with E-state index in [9.17, 15) is 4.39 Å². The second-order valence-corrected chi connectivity index (χ2v) is 5.25. The molecule has 3 rings (SSSR count). The molecule has 1 aromatic heterocycles. The second-order valence-electron chi connectivity index (χ2n) is 5.25. The van der Waals surface area contributed by atoms with Crippen molar-refractivity contribution in [1.82, 2.24) is 15.0 Å². The number of benzene rings is 2. The highest BCUT2D eigenvalue weighted by Gasteiger charge is 2.17. The van der Waals surface area contributed by atoms with Crippen molar-refractivity contribution in [3.63, 3.8) is 0 Å². The molecule has 2 N–H and O–H groups in total. The third kappa shape index (κ3) is 2.40. The van der Waals surface area contributed by atoms with Gasteiger partial charge < -0.3 is 5.73 Å². The Labute approximate surface area is 128 Å². The molecule has 0 saturated heterocycles. The van der Waals surface area contributed by atoms with Crippen molar-refractivity contribution in [3.8, 4) is 16.9 Å². The highest BCUT2D eigenvalue weighted by Crippen LogP contribution is 2.27. The summed E-state index contributed by atoms with van der Waals surface area (Å²) in [6.45, 7) is 4.34. The second kappa shape index (κ2) is 5.69. The molecule has 0 fully saturated rings. The predicted octanol–water partition coefficient (Wildman–Crippen LogP) is 3.15. The Morgan fingerprint density at radius 3 is 2.55 bits per heavy atom. The van der Waals surface area contributed by atoms with Crippen LogP contribution in [0.5, 0.6) is 0 Å². The van der Waals surface area contributed by atoms with E-state index >= 15 is 0 Å². The summed E-state index contributed by atoms with van der Waals surface area (Å²) in [6, 6.07) is 12.6. The van der Waals surface area contributed by atoms with Gasteiger partial charge in [-0.3, -0.25) is 0 Å². The van der Waals surface area contributed by atoms with Crippen LogP contribution in [-0.4, -0.2) is 15.0 Å². The molecule has 0 aliphatic heterocycles. The Bertz CT molecular complexity index is 823. The summed E-state index contributed by atoms with van der Waals surface area (Å²) >= 11 is 0. The van der Waals surface area contributed by atoms with Crippen LogP contribution in [0.2, 0.25) is 0 Å². The summed E-state index contributed by atoms with van der Waals surface area (Å²) in [5.41, 5.74) is 10.8. The highest BCUT2D eigenvalue weighted by atomic mass is 19.1. The summed E-state index contributed by atoms with van der Waals surface area (Å²) in [6.07, 6.45) is 0. The number of hydrogen-bond acceptors (Lipinski definition) is 3. The molecular weight excluding hydrogens is 279 g/mol. The zero-order chi connectivity index (χ0) is 15.7. The molecule has 0 aliphatic carbocycles. The van der Waals surface area contributed by atoms with Gasteiger partial charge in [0.1, 0.15) is 17.2 Å². The molecule has 2 aromatic carbocycles. The fraction of sp³-hybridized carbons (Fsp3) is 0.176. The molecule has 22 heavy (non-hydrogen) atoms. The number of halogens is 1. The molecule has 3 aromatic rings. The van der Waals surface area contributed by atoms with Crippen LogP contribution in [-0.2, 0) is 6.54 Å². The summed E-state index contributed by atoms with van der Waals surface area (Å²) < 4.78 is 15.6. The van der Waals surface area contributed by atoms with Crippen LogP contribution in [0.15, 0.2) is 42.5 Å². The van der Waals surface area contributed by atoms with Crippen molar-refractivity contribution in [2.45, 2.75) is 20.4 Å². The number of nitrogens with two attached hydrogens (primary N) is 1. The van der Waals surface area contributed by atoms with E-state index < -0.39 is 0 Å². The van der Waals surface area contributed by atoms with Crippen molar-refractivity contribution in [2.24, 2.45) is 5.73 Å². The first-order chi connectivity index (χ1) is 10.6. The van der Waals surface area contributed by atoms with E-state index in [0.717, 1.165) is 16.8 Å². The van der Waals surface area contributed by atoms with Crippen molar-refractivity contribution < 1.29 is 4.39 Å². The van der Waals surface area contributed by atoms with Gasteiger partial charge in [0.05, 0.1) is 5.69 Å². The first-order valence-electron chi connectivity index (χ1n) is 7.09. The average molecular weight is 296 g/mol. The van der Waals surface area contributed by atoms with E-state index in [-0.39, 0.29) is 12.4 Å². The predicted molar refractivity (Wildman–Crippen MR) is 84.1 cm³/mol. The first kappa shape index (κ1) is 14.4. The summed E-state index contributed by atoms with van der Waals surface area (Å²) in [5, 5.41) is 8.20. The fourth-order valence-electron chi connectivity index (χ4n) is 2.42. The molecule has 0 spiro atoms. The monoisotopic (exact) mass is 296 g/mol. The lowest BCUT2D eigenvalue weighted by Crippen LogP contribution is -2.04. The minimum absolute atomic E-state index is 0.247. The number of para-hydroxylation sites is 1. The van der Waals surface area contributed by atoms with Crippen LogP contribution in [0.3, 0.4) is 0 Å². The standard InChI is InChI=1S/C17H17FN4/c1-11-7-8-13(9-12(11)2)17-15(10-19)20-21-22(17)16-6-4-3-5-14(16)18/h3-9H,10,19H2,1-2H3. The van der Waals surface area contributed by atoms with E-state index in [2.05, 4.69) is 17.2 Å². The maximum Gasteiger partial charge on any atom is 0.148 e. The SMILES string of the molecule is Cc1ccc(-c2c(CN)nnn2-c2ccccc2F)cc1C. The fourth-order valence-corrected chi connectivity index (χ4v) is 2.42. The Morgan fingerprint density at radius 1 is 1.09 bits per heavy atom. The average Bonchev–Trinajstić information content (AvgIpc) is 2.94. The Hall–Kier alpha value is -2.53. The normalized spacial score (nSPS) is 10.9. The van der Waals surface area contributed by atoms with Gasteiger partial charge in [-0.25, -0.2) is 9.07 Å². The van der Waals surface area contributed by atoms with Gasteiger partial charge in [-0.2, -0.15) is 0 Å². The molecule has 5 heteroatoms. The summed E-state index contributed by atoms with van der Waals surface area (Å²) in [5.74, 6) is -0.346. The zero-order valence-corrected chi connectivity index (χ0v) is 12.5. The molecular formula is C17H17FN4. The van der Waals surface area contributed by atoms with Crippen LogP contribution in [0.25, 0.3) is 16.9 Å². The van der Waals surface area contributed by atoms with E-state index in [4.69, 9.17) is 5.73 Å². The third-order valence-corrected chi connectivity index (χ3v) is 3.79. The Balaban J connectivity index is 2.24. The van der Waals surface area contributed by atoms with Gasteiger partial charge in [-0.15, -0.1) is 5.10 Å². The van der Waals surface area contributed by atoms with E-state index in [1.54, 1.807) is 18.2 Å².